The first kappa shape index (κ1) is 15.8. The van der Waals surface area contributed by atoms with Crippen LogP contribution in [0, 0.1) is 0 Å². The highest BCUT2D eigenvalue weighted by Gasteiger charge is 2.40. The second-order valence-electron chi connectivity index (χ2n) is 3.55. The summed E-state index contributed by atoms with van der Waals surface area (Å²) in [4.78, 5) is 0. The van der Waals surface area contributed by atoms with E-state index in [1.807, 2.05) is 13.8 Å². The number of nitrogens with zero attached hydrogens (tertiary/aromatic N) is 3. The Balaban J connectivity index is 3.58. The first-order valence-corrected chi connectivity index (χ1v) is 6.69. The predicted octanol–water partition coefficient (Wildman–Crippen LogP) is 4.65. The summed E-state index contributed by atoms with van der Waals surface area (Å²) in [5.74, 6) is -0.0535. The molecule has 1 heterocycles. The largest absolute Gasteiger partial charge is 0.234 e. The van der Waals surface area contributed by atoms with Crippen molar-refractivity contribution < 1.29 is 0 Å². The minimum Gasteiger partial charge on any atom is -0.134 e. The molecule has 0 radical (unpaired) electrons. The third kappa shape index (κ3) is 3.85. The van der Waals surface area contributed by atoms with Crippen molar-refractivity contribution in [3.8, 4) is 0 Å². The van der Waals surface area contributed by atoms with E-state index < -0.39 is 7.59 Å². The number of rotatable bonds is 1. The zero-order valence-electron chi connectivity index (χ0n) is 8.69. The van der Waals surface area contributed by atoms with Crippen LogP contribution in [-0.4, -0.2) is 15.4 Å². The quantitative estimate of drug-likeness (QED) is 0.687. The van der Waals surface area contributed by atoms with Gasteiger partial charge in [0.25, 0.3) is 0 Å². The van der Waals surface area contributed by atoms with Crippen LogP contribution in [0.4, 0.5) is 0 Å². The SMILES string of the molecule is CC(C)c1nnnc(C(Cl)(Cl)Cl)c1C(Cl)(Cl)Cl. The third-order valence-corrected chi connectivity index (χ3v) is 2.99. The molecule has 1 rings (SSSR count). The highest BCUT2D eigenvalue weighted by atomic mass is 35.6. The van der Waals surface area contributed by atoms with Gasteiger partial charge >= 0.3 is 0 Å². The normalized spacial score (nSPS) is 13.2. The summed E-state index contributed by atoms with van der Waals surface area (Å²) in [6.07, 6.45) is 0. The summed E-state index contributed by atoms with van der Waals surface area (Å²) in [6.45, 7) is 3.71. The molecule has 0 bridgehead atoms. The van der Waals surface area contributed by atoms with E-state index in [4.69, 9.17) is 69.6 Å². The highest BCUT2D eigenvalue weighted by Crippen LogP contribution is 2.48. The van der Waals surface area contributed by atoms with Crippen LogP contribution in [-0.2, 0) is 7.59 Å². The fourth-order valence-electron chi connectivity index (χ4n) is 1.22. The minimum absolute atomic E-state index is 0.0267. The molecule has 0 aliphatic rings. The van der Waals surface area contributed by atoms with Gasteiger partial charge in [-0.15, -0.1) is 10.2 Å². The fraction of sp³-hybridized carbons (Fsp3) is 0.625. The highest BCUT2D eigenvalue weighted by molar-refractivity contribution is 6.69. The standard InChI is InChI=1S/C8H7Cl6N3/c1-3(2)5-4(7(9,10)11)6(8(12,13)14)16-17-15-5/h3H,1-2H3. The number of hydrogen-bond donors (Lipinski definition) is 0. The molecule has 0 fully saturated rings. The number of alkyl halides is 6. The van der Waals surface area contributed by atoms with Gasteiger partial charge in [-0.05, 0) is 11.1 Å². The van der Waals surface area contributed by atoms with E-state index in [9.17, 15) is 0 Å². The molecular weight excluding hydrogens is 351 g/mol. The minimum atomic E-state index is -1.83. The molecule has 1 aromatic heterocycles. The summed E-state index contributed by atoms with van der Waals surface area (Å²) in [5, 5.41) is 11.0. The Morgan fingerprint density at radius 2 is 1.41 bits per heavy atom. The molecule has 96 valence electrons. The number of aromatic nitrogens is 3. The molecule has 0 unspecified atom stereocenters. The lowest BCUT2D eigenvalue weighted by Gasteiger charge is -2.22. The Bertz CT molecular complexity index is 409. The van der Waals surface area contributed by atoms with Crippen molar-refractivity contribution in [1.82, 2.24) is 15.4 Å². The Hall–Kier alpha value is 0.750. The van der Waals surface area contributed by atoms with Crippen LogP contribution < -0.4 is 0 Å². The van der Waals surface area contributed by atoms with Gasteiger partial charge in [0.2, 0.25) is 7.59 Å². The maximum atomic E-state index is 5.87. The van der Waals surface area contributed by atoms with Gasteiger partial charge in [-0.25, -0.2) is 0 Å². The number of hydrogen-bond acceptors (Lipinski definition) is 3. The van der Waals surface area contributed by atoms with Crippen molar-refractivity contribution in [2.24, 2.45) is 0 Å². The summed E-state index contributed by atoms with van der Waals surface area (Å²) in [6, 6.07) is 0. The molecule has 0 amide bonds. The lowest BCUT2D eigenvalue weighted by molar-refractivity contribution is 0.699. The van der Waals surface area contributed by atoms with E-state index in [1.165, 1.54) is 0 Å². The van der Waals surface area contributed by atoms with Crippen LogP contribution in [0.3, 0.4) is 0 Å². The van der Waals surface area contributed by atoms with E-state index in [-0.39, 0.29) is 17.2 Å². The van der Waals surface area contributed by atoms with Crippen molar-refractivity contribution in [3.05, 3.63) is 17.0 Å². The second kappa shape index (κ2) is 5.40. The molecule has 0 aromatic carbocycles. The zero-order chi connectivity index (χ0) is 13.4. The summed E-state index contributed by atoms with van der Waals surface area (Å²) < 4.78 is -3.62. The van der Waals surface area contributed by atoms with Gasteiger partial charge < -0.3 is 0 Å². The van der Waals surface area contributed by atoms with Crippen LogP contribution >= 0.6 is 69.6 Å². The van der Waals surface area contributed by atoms with Crippen molar-refractivity contribution in [3.63, 3.8) is 0 Å². The Labute approximate surface area is 129 Å². The van der Waals surface area contributed by atoms with Gasteiger partial charge in [0, 0.05) is 0 Å². The first-order chi connectivity index (χ1) is 7.55. The summed E-state index contributed by atoms with van der Waals surface area (Å²) in [5.41, 5.74) is 0.565. The monoisotopic (exact) mass is 355 g/mol. The summed E-state index contributed by atoms with van der Waals surface area (Å²) in [7, 11) is 0. The first-order valence-electron chi connectivity index (χ1n) is 4.42. The van der Waals surface area contributed by atoms with E-state index in [2.05, 4.69) is 15.4 Å². The maximum Gasteiger partial charge on any atom is 0.234 e. The van der Waals surface area contributed by atoms with Crippen LogP contribution in [0.25, 0.3) is 0 Å². The van der Waals surface area contributed by atoms with Crippen molar-refractivity contribution in [1.29, 1.82) is 0 Å². The molecule has 0 aliphatic heterocycles. The average Bonchev–Trinajstić information content (AvgIpc) is 2.13. The van der Waals surface area contributed by atoms with E-state index in [0.717, 1.165) is 0 Å². The van der Waals surface area contributed by atoms with Crippen molar-refractivity contribution in [2.75, 3.05) is 0 Å². The lowest BCUT2D eigenvalue weighted by Crippen LogP contribution is -2.20. The predicted molar refractivity (Wildman–Crippen MR) is 72.4 cm³/mol. The van der Waals surface area contributed by atoms with Gasteiger partial charge in [-0.2, -0.15) is 0 Å². The van der Waals surface area contributed by atoms with Gasteiger partial charge in [0.15, 0.2) is 0 Å². The Morgan fingerprint density at radius 1 is 0.882 bits per heavy atom. The molecule has 17 heavy (non-hydrogen) atoms. The van der Waals surface area contributed by atoms with Crippen LogP contribution in [0.5, 0.6) is 0 Å². The summed E-state index contributed by atoms with van der Waals surface area (Å²) >= 11 is 34.9. The van der Waals surface area contributed by atoms with E-state index in [0.29, 0.717) is 5.69 Å². The lowest BCUT2D eigenvalue weighted by atomic mass is 10.0. The van der Waals surface area contributed by atoms with E-state index in [1.54, 1.807) is 0 Å². The molecule has 0 saturated heterocycles. The molecule has 9 heteroatoms. The second-order valence-corrected chi connectivity index (χ2v) is 8.11. The fourth-order valence-corrected chi connectivity index (χ4v) is 2.17. The topological polar surface area (TPSA) is 38.7 Å². The van der Waals surface area contributed by atoms with Crippen molar-refractivity contribution >= 4 is 69.6 Å². The molecular formula is C8H7Cl6N3. The van der Waals surface area contributed by atoms with Crippen LogP contribution in [0.2, 0.25) is 0 Å². The van der Waals surface area contributed by atoms with Gasteiger partial charge in [-0.1, -0.05) is 83.5 Å². The molecule has 0 spiro atoms. The maximum absolute atomic E-state index is 5.87. The van der Waals surface area contributed by atoms with Gasteiger partial charge in [-0.3, -0.25) is 0 Å². The molecule has 0 atom stereocenters. The Kier molecular flexibility index (Phi) is 5.02. The van der Waals surface area contributed by atoms with Gasteiger partial charge in [0.1, 0.15) is 5.69 Å². The average molecular weight is 358 g/mol. The Morgan fingerprint density at radius 3 is 1.76 bits per heavy atom. The smallest absolute Gasteiger partial charge is 0.134 e. The zero-order valence-corrected chi connectivity index (χ0v) is 13.2. The third-order valence-electron chi connectivity index (χ3n) is 1.89. The molecule has 1 aromatic rings. The van der Waals surface area contributed by atoms with Gasteiger partial charge in [0.05, 0.1) is 11.3 Å². The molecule has 0 N–H and O–H groups in total. The van der Waals surface area contributed by atoms with E-state index >= 15 is 0 Å². The number of halogens is 6. The van der Waals surface area contributed by atoms with Crippen LogP contribution in [0.1, 0.15) is 36.7 Å². The molecule has 0 aliphatic carbocycles. The van der Waals surface area contributed by atoms with Crippen molar-refractivity contribution in [2.45, 2.75) is 27.4 Å². The molecule has 3 nitrogen and oxygen atoms in total. The van der Waals surface area contributed by atoms with Crippen LogP contribution in [0.15, 0.2) is 0 Å². The molecule has 0 saturated carbocycles.